The lowest BCUT2D eigenvalue weighted by molar-refractivity contribution is -0.138. The van der Waals surface area contributed by atoms with Crippen molar-refractivity contribution in [2.24, 2.45) is 0 Å². The number of alkyl halides is 2. The van der Waals surface area contributed by atoms with E-state index in [0.717, 1.165) is 35.0 Å². The predicted molar refractivity (Wildman–Crippen MR) is 167 cm³/mol. The lowest BCUT2D eigenvalue weighted by Gasteiger charge is -2.41. The summed E-state index contributed by atoms with van der Waals surface area (Å²) in [4.78, 5) is 27.5. The second kappa shape index (κ2) is 11.8. The molecule has 3 saturated heterocycles. The highest BCUT2D eigenvalue weighted by Crippen LogP contribution is 2.41. The van der Waals surface area contributed by atoms with Crippen LogP contribution in [0.2, 0.25) is 0 Å². The van der Waals surface area contributed by atoms with Gasteiger partial charge in [-0.25, -0.2) is 13.2 Å². The van der Waals surface area contributed by atoms with E-state index in [4.69, 9.17) is 14.7 Å². The third-order valence-electron chi connectivity index (χ3n) is 9.48. The maximum Gasteiger partial charge on any atom is 0.319 e. The third-order valence-corrected chi connectivity index (χ3v) is 10.4. The van der Waals surface area contributed by atoms with Crippen molar-refractivity contribution in [2.75, 3.05) is 44.2 Å². The molecule has 234 valence electrons. The minimum Gasteiger partial charge on any atom is -0.461 e. The molecule has 3 aliphatic rings. The van der Waals surface area contributed by atoms with Crippen molar-refractivity contribution in [2.45, 2.75) is 56.5 Å². The molecule has 3 fully saturated rings. The molecule has 12 heteroatoms. The Kier molecular flexibility index (Phi) is 7.78. The van der Waals surface area contributed by atoms with E-state index in [1.807, 2.05) is 34.5 Å². The van der Waals surface area contributed by atoms with E-state index in [0.29, 0.717) is 41.8 Å². The number of ether oxygens (including phenoxy) is 1. The van der Waals surface area contributed by atoms with E-state index in [1.54, 1.807) is 6.07 Å². The van der Waals surface area contributed by atoms with Crippen molar-refractivity contribution < 1.29 is 22.7 Å². The van der Waals surface area contributed by atoms with Gasteiger partial charge in [-0.3, -0.25) is 9.69 Å². The molecule has 7 rings (SSSR count). The van der Waals surface area contributed by atoms with Crippen LogP contribution in [0.4, 0.5) is 19.0 Å². The number of hydrogen-bond acceptors (Lipinski definition) is 8. The summed E-state index contributed by atoms with van der Waals surface area (Å²) in [6, 6.07) is 12.5. The van der Waals surface area contributed by atoms with Gasteiger partial charge in [0.1, 0.15) is 24.4 Å². The maximum atomic E-state index is 16.0. The van der Waals surface area contributed by atoms with Gasteiger partial charge < -0.3 is 14.5 Å². The number of hydrogen-bond donors (Lipinski definition) is 0. The number of amides is 1. The molecule has 2 unspecified atom stereocenters. The first-order valence-corrected chi connectivity index (χ1v) is 16.2. The van der Waals surface area contributed by atoms with Gasteiger partial charge in [0.2, 0.25) is 0 Å². The first kappa shape index (κ1) is 29.7. The quantitative estimate of drug-likeness (QED) is 0.251. The molecule has 1 amide bonds. The van der Waals surface area contributed by atoms with Crippen LogP contribution in [0.1, 0.15) is 32.6 Å². The SMILES string of the molecule is CC(F)C(=O)N1CCN(c2nc(OCC34CCCN3C[C@H](F)C4)nc3cc(-c4cccc5ccsc45)c(F)cc23)C[C@@H]1CC#N. The molecule has 0 bridgehead atoms. The summed E-state index contributed by atoms with van der Waals surface area (Å²) in [6.45, 7) is 3.32. The lowest BCUT2D eigenvalue weighted by atomic mass is 9.95. The average Bonchev–Trinajstić information content (AvgIpc) is 3.73. The topological polar surface area (TPSA) is 85.6 Å². The van der Waals surface area contributed by atoms with Gasteiger partial charge in [-0.2, -0.15) is 15.2 Å². The molecule has 2 aromatic carbocycles. The van der Waals surface area contributed by atoms with Crippen LogP contribution in [-0.2, 0) is 4.79 Å². The number of benzene rings is 2. The Morgan fingerprint density at radius 1 is 1.20 bits per heavy atom. The zero-order valence-corrected chi connectivity index (χ0v) is 25.7. The second-order valence-corrected chi connectivity index (χ2v) is 13.2. The molecule has 8 nitrogen and oxygen atoms in total. The van der Waals surface area contributed by atoms with E-state index in [2.05, 4.69) is 11.0 Å². The van der Waals surface area contributed by atoms with Crippen LogP contribution in [0.3, 0.4) is 0 Å². The molecule has 0 saturated carbocycles. The van der Waals surface area contributed by atoms with Crippen molar-refractivity contribution in [3.8, 4) is 23.2 Å². The Balaban J connectivity index is 1.30. The van der Waals surface area contributed by atoms with Gasteiger partial charge in [0.25, 0.3) is 5.91 Å². The molecule has 0 spiro atoms. The Bertz CT molecular complexity index is 1810. The number of nitriles is 1. The van der Waals surface area contributed by atoms with Crippen molar-refractivity contribution in [3.05, 3.63) is 47.6 Å². The van der Waals surface area contributed by atoms with Gasteiger partial charge >= 0.3 is 6.01 Å². The van der Waals surface area contributed by atoms with Gasteiger partial charge in [0.05, 0.1) is 29.6 Å². The Hall–Kier alpha value is -3.95. The average molecular weight is 635 g/mol. The van der Waals surface area contributed by atoms with Crippen LogP contribution in [-0.4, -0.2) is 88.9 Å². The Morgan fingerprint density at radius 3 is 2.89 bits per heavy atom. The summed E-state index contributed by atoms with van der Waals surface area (Å²) in [6.07, 6.45) is -0.396. The fourth-order valence-corrected chi connectivity index (χ4v) is 8.25. The number of nitrogens with zero attached hydrogens (tertiary/aromatic N) is 6. The number of carbonyl (C=O) groups excluding carboxylic acids is 1. The van der Waals surface area contributed by atoms with Gasteiger partial charge in [0, 0.05) is 53.8 Å². The highest BCUT2D eigenvalue weighted by atomic mass is 32.1. The molecule has 5 heterocycles. The van der Waals surface area contributed by atoms with Crippen LogP contribution in [0.5, 0.6) is 6.01 Å². The van der Waals surface area contributed by atoms with E-state index < -0.39 is 35.6 Å². The summed E-state index contributed by atoms with van der Waals surface area (Å²) in [5, 5.41) is 13.0. The summed E-state index contributed by atoms with van der Waals surface area (Å²) < 4.78 is 51.7. The molecule has 4 aromatic rings. The first-order valence-electron chi connectivity index (χ1n) is 15.3. The Morgan fingerprint density at radius 2 is 2.07 bits per heavy atom. The monoisotopic (exact) mass is 634 g/mol. The van der Waals surface area contributed by atoms with Crippen LogP contribution in [0.15, 0.2) is 41.8 Å². The van der Waals surface area contributed by atoms with Crippen molar-refractivity contribution in [1.82, 2.24) is 19.8 Å². The predicted octanol–water partition coefficient (Wildman–Crippen LogP) is 5.89. The van der Waals surface area contributed by atoms with Crippen molar-refractivity contribution >= 4 is 44.1 Å². The fraction of sp³-hybridized carbons (Fsp3) is 0.455. The van der Waals surface area contributed by atoms with Gasteiger partial charge in [-0.05, 0) is 55.3 Å². The first-order chi connectivity index (χ1) is 21.8. The zero-order valence-electron chi connectivity index (χ0n) is 24.9. The van der Waals surface area contributed by atoms with Crippen LogP contribution >= 0.6 is 11.3 Å². The smallest absolute Gasteiger partial charge is 0.319 e. The molecule has 45 heavy (non-hydrogen) atoms. The molecule has 4 atom stereocenters. The molecular weight excluding hydrogens is 601 g/mol. The molecule has 0 N–H and O–H groups in total. The number of carbonyl (C=O) groups is 1. The highest BCUT2D eigenvalue weighted by molar-refractivity contribution is 7.17. The van der Waals surface area contributed by atoms with Crippen molar-refractivity contribution in [3.63, 3.8) is 0 Å². The second-order valence-electron chi connectivity index (χ2n) is 12.3. The summed E-state index contributed by atoms with van der Waals surface area (Å²) in [5.74, 6) is -0.683. The number of piperazine rings is 1. The molecule has 3 aliphatic heterocycles. The van der Waals surface area contributed by atoms with Crippen LogP contribution < -0.4 is 9.64 Å². The Labute approximate surface area is 263 Å². The fourth-order valence-electron chi connectivity index (χ4n) is 7.32. The summed E-state index contributed by atoms with van der Waals surface area (Å²) >= 11 is 1.54. The largest absolute Gasteiger partial charge is 0.461 e. The number of aromatic nitrogens is 2. The zero-order chi connectivity index (χ0) is 31.3. The van der Waals surface area contributed by atoms with Gasteiger partial charge in [-0.1, -0.05) is 18.2 Å². The number of anilines is 1. The number of fused-ring (bicyclic) bond motifs is 3. The van der Waals surface area contributed by atoms with E-state index >= 15 is 4.39 Å². The van der Waals surface area contributed by atoms with Crippen molar-refractivity contribution in [1.29, 1.82) is 5.26 Å². The van der Waals surface area contributed by atoms with E-state index in [9.17, 15) is 18.8 Å². The maximum absolute atomic E-state index is 16.0. The lowest BCUT2D eigenvalue weighted by Crippen LogP contribution is -2.56. The molecule has 0 aliphatic carbocycles. The number of halogens is 3. The van der Waals surface area contributed by atoms with E-state index in [1.165, 1.54) is 29.2 Å². The standard InChI is InChI=1S/C33H33F3N6O2S/c1-20(34)31(43)42-12-11-40(18-23(42)6-9-37)30-26-14-27(36)25(24-5-2-4-21-7-13-45-29(21)24)15-28(26)38-32(39-30)44-19-33-8-3-10-41(33)17-22(35)16-33/h2,4-5,7,13-15,20,22-23H,3,6,8,10-12,16-19H2,1H3/t20?,22-,23+,33?/m1/s1. The number of thiophene rings is 1. The van der Waals surface area contributed by atoms with Gasteiger partial charge in [0.15, 0.2) is 6.17 Å². The minimum atomic E-state index is -1.69. The summed E-state index contributed by atoms with van der Waals surface area (Å²) in [7, 11) is 0. The highest BCUT2D eigenvalue weighted by Gasteiger charge is 2.49. The van der Waals surface area contributed by atoms with Crippen LogP contribution in [0, 0.1) is 17.1 Å². The molecular formula is C33H33F3N6O2S. The van der Waals surface area contributed by atoms with Crippen LogP contribution in [0.25, 0.3) is 32.1 Å². The normalized spacial score (nSPS) is 24.2. The minimum absolute atomic E-state index is 0.00736. The molecule has 2 aromatic heterocycles. The van der Waals surface area contributed by atoms with Gasteiger partial charge in [-0.15, -0.1) is 11.3 Å². The summed E-state index contributed by atoms with van der Waals surface area (Å²) in [5.41, 5.74) is 1.22. The third kappa shape index (κ3) is 5.36. The number of rotatable bonds is 7. The van der Waals surface area contributed by atoms with E-state index in [-0.39, 0.29) is 32.1 Å². The molecule has 0 radical (unpaired) electrons.